The lowest BCUT2D eigenvalue weighted by Gasteiger charge is -2.29. The molecule has 0 aliphatic carbocycles. The maximum atomic E-state index is 5.18. The predicted octanol–water partition coefficient (Wildman–Crippen LogP) is 0.607. The molecule has 2 unspecified atom stereocenters. The molecule has 0 aromatic rings. The van der Waals surface area contributed by atoms with E-state index in [0.29, 0.717) is 5.92 Å². The van der Waals surface area contributed by atoms with Crippen molar-refractivity contribution < 1.29 is 4.84 Å². The molecule has 0 spiro atoms. The van der Waals surface area contributed by atoms with Gasteiger partial charge in [0, 0.05) is 12.5 Å². The van der Waals surface area contributed by atoms with E-state index in [4.69, 9.17) is 4.84 Å². The van der Waals surface area contributed by atoms with Crippen molar-refractivity contribution >= 4 is 5.84 Å². The van der Waals surface area contributed by atoms with E-state index in [1.165, 1.54) is 19.4 Å². The van der Waals surface area contributed by atoms with Gasteiger partial charge >= 0.3 is 0 Å². The van der Waals surface area contributed by atoms with E-state index in [9.17, 15) is 0 Å². The summed E-state index contributed by atoms with van der Waals surface area (Å²) in [4.78, 5) is 11.9. The first-order valence-electron chi connectivity index (χ1n) is 4.93. The smallest absolute Gasteiger partial charge is 0.174 e. The minimum atomic E-state index is -0.0118. The standard InChI is InChI=1S/C9H17N3O/c1-7-10-9(11-13-7)8-4-3-5-12(2)6-8/h7-8H,3-6H2,1-2H3,(H,10,11). The Morgan fingerprint density at radius 1 is 1.62 bits per heavy atom. The number of hydroxylamine groups is 1. The summed E-state index contributed by atoms with van der Waals surface area (Å²) in [6, 6.07) is 0. The van der Waals surface area contributed by atoms with Crippen LogP contribution in [-0.2, 0) is 4.84 Å². The maximum Gasteiger partial charge on any atom is 0.174 e. The first-order valence-corrected chi connectivity index (χ1v) is 4.93. The van der Waals surface area contributed by atoms with Crippen molar-refractivity contribution in [1.29, 1.82) is 0 Å². The number of piperidine rings is 1. The molecular formula is C9H17N3O. The van der Waals surface area contributed by atoms with E-state index in [-0.39, 0.29) is 6.23 Å². The lowest BCUT2D eigenvalue weighted by molar-refractivity contribution is 0.0480. The van der Waals surface area contributed by atoms with Gasteiger partial charge in [-0.05, 0) is 33.4 Å². The number of nitrogens with zero attached hydrogens (tertiary/aromatic N) is 2. The van der Waals surface area contributed by atoms with Crippen LogP contribution >= 0.6 is 0 Å². The topological polar surface area (TPSA) is 36.9 Å². The Hall–Kier alpha value is -0.610. The molecule has 2 aliphatic heterocycles. The molecule has 0 aromatic heterocycles. The molecule has 4 heteroatoms. The number of rotatable bonds is 1. The van der Waals surface area contributed by atoms with Crippen molar-refractivity contribution in [3.8, 4) is 0 Å². The molecule has 0 bridgehead atoms. The van der Waals surface area contributed by atoms with Crippen molar-refractivity contribution in [2.24, 2.45) is 10.9 Å². The summed E-state index contributed by atoms with van der Waals surface area (Å²) in [5, 5.41) is 0. The molecule has 0 radical (unpaired) electrons. The second kappa shape index (κ2) is 3.64. The second-order valence-corrected chi connectivity index (χ2v) is 3.93. The highest BCUT2D eigenvalue weighted by Crippen LogP contribution is 2.18. The van der Waals surface area contributed by atoms with Gasteiger partial charge in [0.05, 0.1) is 0 Å². The van der Waals surface area contributed by atoms with Crippen LogP contribution in [0.1, 0.15) is 19.8 Å². The van der Waals surface area contributed by atoms with Crippen LogP contribution in [0, 0.1) is 5.92 Å². The molecule has 13 heavy (non-hydrogen) atoms. The first kappa shape index (κ1) is 8.97. The molecule has 0 amide bonds. The quantitative estimate of drug-likeness (QED) is 0.647. The monoisotopic (exact) mass is 183 g/mol. The van der Waals surface area contributed by atoms with Crippen LogP contribution in [0.25, 0.3) is 0 Å². The Balaban J connectivity index is 1.96. The fraction of sp³-hybridized carbons (Fsp3) is 0.889. The van der Waals surface area contributed by atoms with Crippen molar-refractivity contribution in [1.82, 2.24) is 10.4 Å². The van der Waals surface area contributed by atoms with E-state index in [1.54, 1.807) is 0 Å². The molecule has 74 valence electrons. The van der Waals surface area contributed by atoms with Gasteiger partial charge in [-0.3, -0.25) is 5.48 Å². The first-order chi connectivity index (χ1) is 6.25. The van der Waals surface area contributed by atoms with Gasteiger partial charge < -0.3 is 4.90 Å². The molecule has 1 saturated heterocycles. The third kappa shape index (κ3) is 2.00. The fourth-order valence-corrected chi connectivity index (χ4v) is 1.97. The average molecular weight is 183 g/mol. The number of nitrogens with one attached hydrogen (secondary N) is 1. The number of hydrogen-bond acceptors (Lipinski definition) is 4. The van der Waals surface area contributed by atoms with Crippen LogP contribution < -0.4 is 5.48 Å². The van der Waals surface area contributed by atoms with Gasteiger partial charge in [0.15, 0.2) is 6.23 Å². The highest BCUT2D eigenvalue weighted by molar-refractivity contribution is 5.84. The van der Waals surface area contributed by atoms with Gasteiger partial charge in [-0.1, -0.05) is 0 Å². The van der Waals surface area contributed by atoms with Gasteiger partial charge in [0.25, 0.3) is 0 Å². The molecular weight excluding hydrogens is 166 g/mol. The van der Waals surface area contributed by atoms with Crippen molar-refractivity contribution in [3.05, 3.63) is 0 Å². The normalized spacial score (nSPS) is 35.7. The summed E-state index contributed by atoms with van der Waals surface area (Å²) in [5.41, 5.74) is 2.92. The Kier molecular flexibility index (Phi) is 2.51. The highest BCUT2D eigenvalue weighted by Gasteiger charge is 2.25. The molecule has 1 N–H and O–H groups in total. The Morgan fingerprint density at radius 2 is 2.46 bits per heavy atom. The zero-order valence-corrected chi connectivity index (χ0v) is 8.29. The molecule has 2 heterocycles. The highest BCUT2D eigenvalue weighted by atomic mass is 16.7. The van der Waals surface area contributed by atoms with Crippen LogP contribution in [0.5, 0.6) is 0 Å². The third-order valence-corrected chi connectivity index (χ3v) is 2.67. The lowest BCUT2D eigenvalue weighted by Crippen LogP contribution is -2.39. The molecule has 1 fully saturated rings. The van der Waals surface area contributed by atoms with E-state index >= 15 is 0 Å². The van der Waals surface area contributed by atoms with Gasteiger partial charge in [0.1, 0.15) is 5.84 Å². The number of likely N-dealkylation sites (tertiary alicyclic amines) is 1. The summed E-state index contributed by atoms with van der Waals surface area (Å²) >= 11 is 0. The fourth-order valence-electron chi connectivity index (χ4n) is 1.97. The average Bonchev–Trinajstić information content (AvgIpc) is 2.52. The van der Waals surface area contributed by atoms with Gasteiger partial charge in [0.2, 0.25) is 0 Å². The van der Waals surface area contributed by atoms with E-state index in [2.05, 4.69) is 22.4 Å². The number of amidine groups is 1. The summed E-state index contributed by atoms with van der Waals surface area (Å²) in [6.07, 6.45) is 2.48. The lowest BCUT2D eigenvalue weighted by atomic mass is 9.97. The van der Waals surface area contributed by atoms with E-state index in [0.717, 1.165) is 12.4 Å². The number of hydrogen-bond donors (Lipinski definition) is 1. The Morgan fingerprint density at radius 3 is 3.08 bits per heavy atom. The van der Waals surface area contributed by atoms with Crippen molar-refractivity contribution in [2.75, 3.05) is 20.1 Å². The SMILES string of the molecule is CC1N=C(C2CCCN(C)C2)NO1. The van der Waals surface area contributed by atoms with Crippen molar-refractivity contribution in [3.63, 3.8) is 0 Å². The van der Waals surface area contributed by atoms with E-state index in [1.807, 2.05) is 6.92 Å². The van der Waals surface area contributed by atoms with Gasteiger partial charge in [-0.25, -0.2) is 9.83 Å². The van der Waals surface area contributed by atoms with Gasteiger partial charge in [-0.2, -0.15) is 0 Å². The predicted molar refractivity (Wildman–Crippen MR) is 51.3 cm³/mol. The van der Waals surface area contributed by atoms with Crippen LogP contribution in [-0.4, -0.2) is 37.1 Å². The minimum Gasteiger partial charge on any atom is -0.306 e. The summed E-state index contributed by atoms with van der Waals surface area (Å²) in [5.74, 6) is 1.59. The number of aliphatic imine (C=N–C) groups is 1. The Bertz CT molecular complexity index is 217. The largest absolute Gasteiger partial charge is 0.306 e. The molecule has 0 aromatic carbocycles. The van der Waals surface area contributed by atoms with Gasteiger partial charge in [-0.15, -0.1) is 0 Å². The molecule has 0 saturated carbocycles. The zero-order valence-electron chi connectivity index (χ0n) is 8.29. The molecule has 4 nitrogen and oxygen atoms in total. The van der Waals surface area contributed by atoms with Crippen LogP contribution in [0.3, 0.4) is 0 Å². The van der Waals surface area contributed by atoms with Crippen molar-refractivity contribution in [2.45, 2.75) is 26.0 Å². The van der Waals surface area contributed by atoms with Crippen LogP contribution in [0.4, 0.5) is 0 Å². The summed E-state index contributed by atoms with van der Waals surface area (Å²) < 4.78 is 0. The van der Waals surface area contributed by atoms with E-state index < -0.39 is 0 Å². The molecule has 2 aliphatic rings. The second-order valence-electron chi connectivity index (χ2n) is 3.93. The maximum absolute atomic E-state index is 5.18. The zero-order chi connectivity index (χ0) is 9.26. The Labute approximate surface area is 78.9 Å². The summed E-state index contributed by atoms with van der Waals surface area (Å²) in [7, 11) is 2.16. The molecule has 2 rings (SSSR count). The molecule has 2 atom stereocenters. The van der Waals surface area contributed by atoms with Crippen LogP contribution in [0.15, 0.2) is 4.99 Å². The summed E-state index contributed by atoms with van der Waals surface area (Å²) in [6.45, 7) is 4.26. The van der Waals surface area contributed by atoms with Crippen LogP contribution in [0.2, 0.25) is 0 Å². The third-order valence-electron chi connectivity index (χ3n) is 2.67. The minimum absolute atomic E-state index is 0.0118.